The Kier molecular flexibility index (Phi) is 11.9. The van der Waals surface area contributed by atoms with Gasteiger partial charge in [0, 0.05) is 45.4 Å². The van der Waals surface area contributed by atoms with E-state index in [0.717, 1.165) is 17.5 Å². The molecule has 37 heavy (non-hydrogen) atoms. The third-order valence-electron chi connectivity index (χ3n) is 5.67. The van der Waals surface area contributed by atoms with Gasteiger partial charge >= 0.3 is 0 Å². The first-order valence-corrected chi connectivity index (χ1v) is 14.5. The molecule has 1 N–H and O–H groups in total. The van der Waals surface area contributed by atoms with E-state index < -0.39 is 6.04 Å². The van der Waals surface area contributed by atoms with Crippen molar-refractivity contribution in [2.24, 2.45) is 0 Å². The predicted octanol–water partition coefficient (Wildman–Crippen LogP) is 7.70. The van der Waals surface area contributed by atoms with Crippen LogP contribution in [0.2, 0.25) is 20.1 Å². The van der Waals surface area contributed by atoms with Crippen LogP contribution in [0.25, 0.3) is 0 Å². The SMILES string of the molecule is CCCNC(=O)[C@@H](Cc1ccccc1)N(Cc1ccc(Cl)cc1Cl)C(=O)CSCc1ccc(Cl)cc1Cl. The van der Waals surface area contributed by atoms with Crippen LogP contribution in [-0.2, 0) is 28.3 Å². The Hall–Kier alpha value is -1.89. The van der Waals surface area contributed by atoms with Gasteiger partial charge in [-0.1, -0.05) is 95.8 Å². The first kappa shape index (κ1) is 29.7. The number of carbonyl (C=O) groups is 2. The number of benzene rings is 3. The minimum atomic E-state index is -0.715. The quantitative estimate of drug-likeness (QED) is 0.233. The predicted molar refractivity (Wildman–Crippen MR) is 157 cm³/mol. The minimum absolute atomic E-state index is 0.163. The molecule has 0 aromatic heterocycles. The summed E-state index contributed by atoms with van der Waals surface area (Å²) in [6, 6.07) is 19.4. The van der Waals surface area contributed by atoms with E-state index in [2.05, 4.69) is 5.32 Å². The molecule has 0 aliphatic rings. The summed E-state index contributed by atoms with van der Waals surface area (Å²) >= 11 is 26.3. The molecule has 3 rings (SSSR count). The maximum absolute atomic E-state index is 13.7. The molecule has 0 saturated carbocycles. The highest BCUT2D eigenvalue weighted by Crippen LogP contribution is 2.27. The van der Waals surface area contributed by atoms with Gasteiger partial charge in [-0.05, 0) is 47.4 Å². The van der Waals surface area contributed by atoms with Gasteiger partial charge < -0.3 is 10.2 Å². The molecular formula is C28H28Cl4N2O2S. The molecule has 0 unspecified atom stereocenters. The number of halogens is 4. The van der Waals surface area contributed by atoms with Gasteiger partial charge in [0.15, 0.2) is 0 Å². The number of thioether (sulfide) groups is 1. The Morgan fingerprint density at radius 1 is 0.892 bits per heavy atom. The fourth-order valence-electron chi connectivity index (χ4n) is 3.72. The summed E-state index contributed by atoms with van der Waals surface area (Å²) in [6.07, 6.45) is 1.17. The van der Waals surface area contributed by atoms with E-state index >= 15 is 0 Å². The standard InChI is InChI=1S/C28H28Cl4N2O2S/c1-2-12-33-28(36)26(13-19-6-4-3-5-7-19)34(16-20-8-10-22(29)14-24(20)31)27(35)18-37-17-21-9-11-23(30)15-25(21)32/h3-11,14-15,26H,2,12-13,16-18H2,1H3,(H,33,36)/t26-/m1/s1. The van der Waals surface area contributed by atoms with E-state index in [4.69, 9.17) is 46.4 Å². The van der Waals surface area contributed by atoms with E-state index in [1.54, 1.807) is 35.2 Å². The normalized spacial score (nSPS) is 11.7. The molecule has 0 aliphatic heterocycles. The monoisotopic (exact) mass is 596 g/mol. The van der Waals surface area contributed by atoms with Crippen molar-refractivity contribution < 1.29 is 9.59 Å². The van der Waals surface area contributed by atoms with E-state index in [1.807, 2.05) is 43.3 Å². The molecule has 196 valence electrons. The van der Waals surface area contributed by atoms with Crippen molar-refractivity contribution >= 4 is 70.0 Å². The van der Waals surface area contributed by atoms with Crippen molar-refractivity contribution in [2.45, 2.75) is 38.1 Å². The number of rotatable bonds is 12. The number of amides is 2. The molecule has 0 bridgehead atoms. The fourth-order valence-corrected chi connectivity index (χ4v) is 5.66. The summed E-state index contributed by atoms with van der Waals surface area (Å²) in [5, 5.41) is 5.03. The lowest BCUT2D eigenvalue weighted by molar-refractivity contribution is -0.139. The lowest BCUT2D eigenvalue weighted by atomic mass is 10.0. The van der Waals surface area contributed by atoms with Gasteiger partial charge in [-0.25, -0.2) is 0 Å². The molecule has 0 heterocycles. The van der Waals surface area contributed by atoms with E-state index in [1.165, 1.54) is 11.8 Å². The largest absolute Gasteiger partial charge is 0.354 e. The van der Waals surface area contributed by atoms with Crippen LogP contribution in [0, 0.1) is 0 Å². The second-order valence-electron chi connectivity index (χ2n) is 8.48. The average molecular weight is 598 g/mol. The van der Waals surface area contributed by atoms with Gasteiger partial charge in [0.2, 0.25) is 11.8 Å². The zero-order chi connectivity index (χ0) is 26.8. The van der Waals surface area contributed by atoms with Crippen molar-refractivity contribution in [2.75, 3.05) is 12.3 Å². The van der Waals surface area contributed by atoms with Gasteiger partial charge in [0.05, 0.1) is 5.75 Å². The van der Waals surface area contributed by atoms with Crippen LogP contribution in [-0.4, -0.2) is 35.1 Å². The Morgan fingerprint density at radius 3 is 2.11 bits per heavy atom. The van der Waals surface area contributed by atoms with Crippen LogP contribution in [0.3, 0.4) is 0 Å². The molecule has 0 saturated heterocycles. The molecule has 9 heteroatoms. The summed E-state index contributed by atoms with van der Waals surface area (Å²) in [7, 11) is 0. The average Bonchev–Trinajstić information content (AvgIpc) is 2.87. The van der Waals surface area contributed by atoms with Crippen LogP contribution in [0.4, 0.5) is 0 Å². The Balaban J connectivity index is 1.87. The highest BCUT2D eigenvalue weighted by atomic mass is 35.5. The molecule has 0 aliphatic carbocycles. The Morgan fingerprint density at radius 2 is 1.51 bits per heavy atom. The summed E-state index contributed by atoms with van der Waals surface area (Å²) in [4.78, 5) is 28.6. The first-order chi connectivity index (χ1) is 17.8. The van der Waals surface area contributed by atoms with Crippen molar-refractivity contribution in [1.82, 2.24) is 10.2 Å². The van der Waals surface area contributed by atoms with Gasteiger partial charge in [-0.3, -0.25) is 9.59 Å². The highest BCUT2D eigenvalue weighted by Gasteiger charge is 2.30. The summed E-state index contributed by atoms with van der Waals surface area (Å²) in [5.74, 6) is 0.322. The molecule has 4 nitrogen and oxygen atoms in total. The van der Waals surface area contributed by atoms with E-state index in [-0.39, 0.29) is 24.1 Å². The first-order valence-electron chi connectivity index (χ1n) is 11.8. The maximum atomic E-state index is 13.7. The van der Waals surface area contributed by atoms with Gasteiger partial charge in [-0.2, -0.15) is 0 Å². The minimum Gasteiger partial charge on any atom is -0.354 e. The number of hydrogen-bond acceptors (Lipinski definition) is 3. The summed E-state index contributed by atoms with van der Waals surface area (Å²) in [6.45, 7) is 2.69. The zero-order valence-electron chi connectivity index (χ0n) is 20.4. The van der Waals surface area contributed by atoms with Gasteiger partial charge in [-0.15, -0.1) is 11.8 Å². The zero-order valence-corrected chi connectivity index (χ0v) is 24.2. The van der Waals surface area contributed by atoms with Crippen LogP contribution in [0.15, 0.2) is 66.7 Å². The lowest BCUT2D eigenvalue weighted by Gasteiger charge is -2.32. The number of hydrogen-bond donors (Lipinski definition) is 1. The van der Waals surface area contributed by atoms with Crippen LogP contribution < -0.4 is 5.32 Å². The van der Waals surface area contributed by atoms with E-state index in [9.17, 15) is 9.59 Å². The molecular weight excluding hydrogens is 570 g/mol. The van der Waals surface area contributed by atoms with Crippen molar-refractivity contribution in [1.29, 1.82) is 0 Å². The topological polar surface area (TPSA) is 49.4 Å². The van der Waals surface area contributed by atoms with Crippen molar-refractivity contribution in [3.8, 4) is 0 Å². The van der Waals surface area contributed by atoms with Crippen LogP contribution >= 0.6 is 58.2 Å². The molecule has 3 aromatic rings. The molecule has 3 aromatic carbocycles. The molecule has 0 radical (unpaired) electrons. The van der Waals surface area contributed by atoms with Crippen LogP contribution in [0.5, 0.6) is 0 Å². The number of carbonyl (C=O) groups excluding carboxylic acids is 2. The fraction of sp³-hybridized carbons (Fsp3) is 0.286. The molecule has 0 fully saturated rings. The molecule has 0 spiro atoms. The van der Waals surface area contributed by atoms with Crippen LogP contribution in [0.1, 0.15) is 30.0 Å². The molecule has 1 atom stereocenters. The highest BCUT2D eigenvalue weighted by molar-refractivity contribution is 7.99. The second kappa shape index (κ2) is 14.9. The Labute approximate surface area is 242 Å². The third-order valence-corrected chi connectivity index (χ3v) is 7.81. The summed E-state index contributed by atoms with van der Waals surface area (Å²) in [5.41, 5.74) is 2.56. The van der Waals surface area contributed by atoms with Gasteiger partial charge in [0.1, 0.15) is 6.04 Å². The smallest absolute Gasteiger partial charge is 0.243 e. The maximum Gasteiger partial charge on any atom is 0.243 e. The number of nitrogens with zero attached hydrogens (tertiary/aromatic N) is 1. The van der Waals surface area contributed by atoms with Crippen molar-refractivity contribution in [3.63, 3.8) is 0 Å². The summed E-state index contributed by atoms with van der Waals surface area (Å²) < 4.78 is 0. The second-order valence-corrected chi connectivity index (χ2v) is 11.2. The van der Waals surface area contributed by atoms with Gasteiger partial charge in [0.25, 0.3) is 0 Å². The lowest BCUT2D eigenvalue weighted by Crippen LogP contribution is -2.51. The van der Waals surface area contributed by atoms with Crippen molar-refractivity contribution in [3.05, 3.63) is 104 Å². The van der Waals surface area contributed by atoms with E-state index in [0.29, 0.717) is 44.4 Å². The number of nitrogens with one attached hydrogen (secondary N) is 1. The Bertz CT molecular complexity index is 1210. The third kappa shape index (κ3) is 9.12. The molecule has 2 amide bonds.